The van der Waals surface area contributed by atoms with Crippen LogP contribution in [0.3, 0.4) is 0 Å². The van der Waals surface area contributed by atoms with Crippen molar-refractivity contribution in [3.63, 3.8) is 0 Å². The summed E-state index contributed by atoms with van der Waals surface area (Å²) in [6.07, 6.45) is 0. The van der Waals surface area contributed by atoms with E-state index in [1.54, 1.807) is 0 Å². The summed E-state index contributed by atoms with van der Waals surface area (Å²) in [4.78, 5) is 7.08. The van der Waals surface area contributed by atoms with E-state index in [0.29, 0.717) is 13.2 Å². The normalized spacial score (nSPS) is 14.6. The van der Waals surface area contributed by atoms with Gasteiger partial charge < -0.3 is 20.1 Å². The summed E-state index contributed by atoms with van der Waals surface area (Å²) in [7, 11) is 0. The summed E-state index contributed by atoms with van der Waals surface area (Å²) in [6.45, 7) is 9.48. The second-order valence-electron chi connectivity index (χ2n) is 6.98. The van der Waals surface area contributed by atoms with E-state index in [2.05, 4.69) is 46.7 Å². The van der Waals surface area contributed by atoms with E-state index >= 15 is 0 Å². The maximum atomic E-state index is 5.95. The molecule has 164 valence electrons. The zero-order valence-corrected chi connectivity index (χ0v) is 20.0. The number of ether oxygens (including phenoxy) is 2. The number of morpholine rings is 1. The van der Waals surface area contributed by atoms with E-state index in [-0.39, 0.29) is 24.0 Å². The zero-order chi connectivity index (χ0) is 20.2. The fourth-order valence-corrected chi connectivity index (χ4v) is 3.14. The molecular weight excluding hydrogens is 491 g/mol. The van der Waals surface area contributed by atoms with Crippen LogP contribution in [-0.4, -0.2) is 56.9 Å². The Morgan fingerprint density at radius 1 is 1.03 bits per heavy atom. The summed E-state index contributed by atoms with van der Waals surface area (Å²) in [5.74, 6) is 1.71. The Morgan fingerprint density at radius 3 is 2.57 bits per heavy atom. The second kappa shape index (κ2) is 14.2. The standard InChI is InChI=1S/C23H32N4O2.HI/c1-2-24-23(25-18-20-7-4-3-5-8-20)26-19-21-9-6-10-22(17-21)29-16-13-27-11-14-28-15-12-27;/h3-10,17H,2,11-16,18-19H2,1H3,(H2,24,25,26);1H. The van der Waals surface area contributed by atoms with Gasteiger partial charge in [0.2, 0.25) is 0 Å². The molecule has 1 saturated heterocycles. The fraction of sp³-hybridized carbons (Fsp3) is 0.435. The molecule has 3 rings (SSSR count). The number of benzene rings is 2. The van der Waals surface area contributed by atoms with E-state index in [1.165, 1.54) is 5.56 Å². The highest BCUT2D eigenvalue weighted by molar-refractivity contribution is 14.0. The van der Waals surface area contributed by atoms with Crippen LogP contribution >= 0.6 is 24.0 Å². The average Bonchev–Trinajstić information content (AvgIpc) is 2.77. The van der Waals surface area contributed by atoms with Gasteiger partial charge in [-0.2, -0.15) is 0 Å². The van der Waals surface area contributed by atoms with Crippen molar-refractivity contribution in [2.45, 2.75) is 20.0 Å². The molecule has 2 N–H and O–H groups in total. The Kier molecular flexibility index (Phi) is 11.6. The average molecular weight is 524 g/mol. The third-order valence-corrected chi connectivity index (χ3v) is 4.75. The van der Waals surface area contributed by atoms with Crippen molar-refractivity contribution in [2.75, 3.05) is 46.0 Å². The number of aliphatic imine (C=N–C) groups is 1. The van der Waals surface area contributed by atoms with Crippen molar-refractivity contribution >= 4 is 29.9 Å². The molecule has 1 aliphatic heterocycles. The van der Waals surface area contributed by atoms with Gasteiger partial charge in [0.05, 0.1) is 19.8 Å². The van der Waals surface area contributed by atoms with E-state index in [9.17, 15) is 0 Å². The van der Waals surface area contributed by atoms with Crippen LogP contribution in [0.15, 0.2) is 59.6 Å². The molecule has 0 unspecified atom stereocenters. The number of rotatable bonds is 9. The maximum absolute atomic E-state index is 5.95. The SMILES string of the molecule is CCNC(=NCc1cccc(OCCN2CCOCC2)c1)NCc1ccccc1.I. The van der Waals surface area contributed by atoms with Gasteiger partial charge in [0.25, 0.3) is 0 Å². The quantitative estimate of drug-likeness (QED) is 0.300. The minimum absolute atomic E-state index is 0. The van der Waals surface area contributed by atoms with Gasteiger partial charge in [-0.3, -0.25) is 4.90 Å². The first-order valence-electron chi connectivity index (χ1n) is 10.4. The Labute approximate surface area is 197 Å². The topological polar surface area (TPSA) is 58.1 Å². The summed E-state index contributed by atoms with van der Waals surface area (Å²) < 4.78 is 11.3. The lowest BCUT2D eigenvalue weighted by Crippen LogP contribution is -2.38. The van der Waals surface area contributed by atoms with Crippen molar-refractivity contribution in [1.29, 1.82) is 0 Å². The number of nitrogens with one attached hydrogen (secondary N) is 2. The van der Waals surface area contributed by atoms with Crippen LogP contribution in [0.25, 0.3) is 0 Å². The molecule has 1 fully saturated rings. The highest BCUT2D eigenvalue weighted by Gasteiger charge is 2.09. The van der Waals surface area contributed by atoms with Crippen molar-refractivity contribution in [3.05, 3.63) is 65.7 Å². The van der Waals surface area contributed by atoms with Crippen molar-refractivity contribution in [2.24, 2.45) is 4.99 Å². The molecule has 0 radical (unpaired) electrons. The third kappa shape index (κ3) is 8.89. The predicted molar refractivity (Wildman–Crippen MR) is 133 cm³/mol. The Balaban J connectivity index is 0.00000320. The van der Waals surface area contributed by atoms with E-state index in [0.717, 1.165) is 63.2 Å². The van der Waals surface area contributed by atoms with E-state index in [4.69, 9.17) is 14.5 Å². The van der Waals surface area contributed by atoms with Gasteiger partial charge >= 0.3 is 0 Å². The summed E-state index contributed by atoms with van der Waals surface area (Å²) >= 11 is 0. The first-order valence-corrected chi connectivity index (χ1v) is 10.4. The number of guanidine groups is 1. The molecule has 1 aliphatic rings. The molecular formula is C23H33IN4O2. The monoisotopic (exact) mass is 524 g/mol. The van der Waals surface area contributed by atoms with Crippen LogP contribution in [-0.2, 0) is 17.8 Å². The van der Waals surface area contributed by atoms with Gasteiger partial charge in [0, 0.05) is 32.7 Å². The molecule has 30 heavy (non-hydrogen) atoms. The van der Waals surface area contributed by atoms with Crippen LogP contribution in [0, 0.1) is 0 Å². The van der Waals surface area contributed by atoms with Crippen LogP contribution in [0.5, 0.6) is 5.75 Å². The number of hydrogen-bond donors (Lipinski definition) is 2. The van der Waals surface area contributed by atoms with Gasteiger partial charge in [-0.25, -0.2) is 4.99 Å². The number of hydrogen-bond acceptors (Lipinski definition) is 4. The molecule has 7 heteroatoms. The van der Waals surface area contributed by atoms with Crippen molar-refractivity contribution in [3.8, 4) is 5.75 Å². The predicted octanol–water partition coefficient (Wildman–Crippen LogP) is 3.27. The molecule has 0 saturated carbocycles. The van der Waals surface area contributed by atoms with Gasteiger partial charge in [-0.1, -0.05) is 42.5 Å². The molecule has 0 amide bonds. The van der Waals surface area contributed by atoms with Gasteiger partial charge in [0.15, 0.2) is 5.96 Å². The molecule has 0 atom stereocenters. The minimum Gasteiger partial charge on any atom is -0.492 e. The molecule has 0 spiro atoms. The zero-order valence-electron chi connectivity index (χ0n) is 17.7. The molecule has 6 nitrogen and oxygen atoms in total. The maximum Gasteiger partial charge on any atom is 0.191 e. The van der Waals surface area contributed by atoms with Crippen LogP contribution in [0.4, 0.5) is 0 Å². The lowest BCUT2D eigenvalue weighted by Gasteiger charge is -2.26. The van der Waals surface area contributed by atoms with Crippen LogP contribution in [0.1, 0.15) is 18.1 Å². The smallest absolute Gasteiger partial charge is 0.191 e. The molecule has 0 aromatic heterocycles. The van der Waals surface area contributed by atoms with E-state index < -0.39 is 0 Å². The number of nitrogens with zero attached hydrogens (tertiary/aromatic N) is 2. The van der Waals surface area contributed by atoms with Crippen molar-refractivity contribution < 1.29 is 9.47 Å². The number of halogens is 1. The highest BCUT2D eigenvalue weighted by Crippen LogP contribution is 2.14. The molecule has 1 heterocycles. The third-order valence-electron chi connectivity index (χ3n) is 4.75. The summed E-state index contributed by atoms with van der Waals surface area (Å²) in [6, 6.07) is 18.5. The lowest BCUT2D eigenvalue weighted by atomic mass is 10.2. The lowest BCUT2D eigenvalue weighted by molar-refractivity contribution is 0.0322. The van der Waals surface area contributed by atoms with Gasteiger partial charge in [-0.05, 0) is 30.2 Å². The fourth-order valence-electron chi connectivity index (χ4n) is 3.14. The second-order valence-corrected chi connectivity index (χ2v) is 6.98. The Hall–Kier alpha value is -1.84. The molecule has 2 aromatic rings. The summed E-state index contributed by atoms with van der Waals surface area (Å²) in [5, 5.41) is 6.68. The first-order chi connectivity index (χ1) is 14.3. The Bertz CT molecular complexity index is 752. The first kappa shape index (κ1) is 24.4. The van der Waals surface area contributed by atoms with Crippen LogP contribution < -0.4 is 15.4 Å². The van der Waals surface area contributed by atoms with Gasteiger partial charge in [-0.15, -0.1) is 24.0 Å². The van der Waals surface area contributed by atoms with Crippen molar-refractivity contribution in [1.82, 2.24) is 15.5 Å². The largest absolute Gasteiger partial charge is 0.492 e. The molecule has 0 aliphatic carbocycles. The summed E-state index contributed by atoms with van der Waals surface area (Å²) in [5.41, 5.74) is 2.36. The minimum atomic E-state index is 0. The van der Waals surface area contributed by atoms with E-state index in [1.807, 2.05) is 30.3 Å². The highest BCUT2D eigenvalue weighted by atomic mass is 127. The van der Waals surface area contributed by atoms with Gasteiger partial charge in [0.1, 0.15) is 12.4 Å². The Morgan fingerprint density at radius 2 is 1.80 bits per heavy atom. The molecule has 0 bridgehead atoms. The van der Waals surface area contributed by atoms with Crippen LogP contribution in [0.2, 0.25) is 0 Å². The molecule has 2 aromatic carbocycles.